The molecule has 1 fully saturated rings. The zero-order valence-corrected chi connectivity index (χ0v) is 13.5. The summed E-state index contributed by atoms with van der Waals surface area (Å²) in [6, 6.07) is 4.75. The second-order valence-corrected chi connectivity index (χ2v) is 6.45. The van der Waals surface area contributed by atoms with Crippen LogP contribution in [0.3, 0.4) is 0 Å². The van der Waals surface area contributed by atoms with Gasteiger partial charge in [-0.1, -0.05) is 48.0 Å². The highest BCUT2D eigenvalue weighted by molar-refractivity contribution is 9.10. The van der Waals surface area contributed by atoms with Gasteiger partial charge in [-0.15, -0.1) is 0 Å². The van der Waals surface area contributed by atoms with E-state index in [0.29, 0.717) is 0 Å². The average Bonchev–Trinajstić information content (AvgIpc) is 2.40. The molecule has 1 aromatic rings. The van der Waals surface area contributed by atoms with E-state index < -0.39 is 5.82 Å². The molecular weight excluding hydrogens is 321 g/mol. The van der Waals surface area contributed by atoms with E-state index in [1.807, 2.05) is 0 Å². The van der Waals surface area contributed by atoms with E-state index in [0.717, 1.165) is 30.2 Å². The fraction of sp³-hybridized carbons (Fsp3) is 0.562. The van der Waals surface area contributed by atoms with E-state index in [4.69, 9.17) is 0 Å². The molecule has 0 heterocycles. The smallest absolute Gasteiger partial charge is 0.256 e. The van der Waals surface area contributed by atoms with Crippen LogP contribution in [0.5, 0.6) is 0 Å². The van der Waals surface area contributed by atoms with Crippen LogP contribution in [-0.4, -0.2) is 23.9 Å². The third-order valence-electron chi connectivity index (χ3n) is 4.10. The Labute approximate surface area is 128 Å². The SMILES string of the molecule is CN(C(=O)c1cc(Br)ccc1F)C1CCCCCCC1. The molecule has 1 amide bonds. The molecule has 0 radical (unpaired) electrons. The Bertz CT molecular complexity index is 470. The van der Waals surface area contributed by atoms with Crippen LogP contribution in [0.4, 0.5) is 4.39 Å². The van der Waals surface area contributed by atoms with Gasteiger partial charge in [-0.2, -0.15) is 0 Å². The number of amides is 1. The third-order valence-corrected chi connectivity index (χ3v) is 4.59. The van der Waals surface area contributed by atoms with Crippen molar-refractivity contribution in [1.29, 1.82) is 0 Å². The van der Waals surface area contributed by atoms with Gasteiger partial charge in [-0.25, -0.2) is 4.39 Å². The molecule has 0 saturated heterocycles. The molecule has 0 atom stereocenters. The summed E-state index contributed by atoms with van der Waals surface area (Å²) in [5.74, 6) is -0.662. The number of rotatable bonds is 2. The molecule has 0 bridgehead atoms. The lowest BCUT2D eigenvalue weighted by atomic mass is 9.95. The van der Waals surface area contributed by atoms with Gasteiger partial charge in [-0.05, 0) is 31.0 Å². The van der Waals surface area contributed by atoms with Gasteiger partial charge in [0.05, 0.1) is 5.56 Å². The van der Waals surface area contributed by atoms with Crippen molar-refractivity contribution in [3.63, 3.8) is 0 Å². The highest BCUT2D eigenvalue weighted by atomic mass is 79.9. The maximum Gasteiger partial charge on any atom is 0.256 e. The molecule has 2 rings (SSSR count). The number of carbonyl (C=O) groups is 1. The first-order valence-electron chi connectivity index (χ1n) is 7.32. The van der Waals surface area contributed by atoms with Crippen LogP contribution >= 0.6 is 15.9 Å². The zero-order valence-electron chi connectivity index (χ0n) is 11.9. The summed E-state index contributed by atoms with van der Waals surface area (Å²) >= 11 is 3.30. The van der Waals surface area contributed by atoms with Crippen molar-refractivity contribution in [3.8, 4) is 0 Å². The maximum atomic E-state index is 13.8. The quantitative estimate of drug-likeness (QED) is 0.758. The van der Waals surface area contributed by atoms with Crippen LogP contribution in [0.1, 0.15) is 55.3 Å². The lowest BCUT2D eigenvalue weighted by Crippen LogP contribution is -2.37. The van der Waals surface area contributed by atoms with E-state index in [1.54, 1.807) is 24.1 Å². The molecule has 4 heteroatoms. The lowest BCUT2D eigenvalue weighted by Gasteiger charge is -2.30. The fourth-order valence-electron chi connectivity index (χ4n) is 2.84. The van der Waals surface area contributed by atoms with E-state index >= 15 is 0 Å². The van der Waals surface area contributed by atoms with Gasteiger partial charge in [0.2, 0.25) is 0 Å². The van der Waals surface area contributed by atoms with Crippen molar-refractivity contribution in [2.24, 2.45) is 0 Å². The first-order chi connectivity index (χ1) is 9.59. The first kappa shape index (κ1) is 15.5. The van der Waals surface area contributed by atoms with Gasteiger partial charge in [-0.3, -0.25) is 4.79 Å². The Morgan fingerprint density at radius 1 is 1.20 bits per heavy atom. The Morgan fingerprint density at radius 2 is 1.80 bits per heavy atom. The molecule has 1 aromatic carbocycles. The van der Waals surface area contributed by atoms with E-state index in [2.05, 4.69) is 15.9 Å². The largest absolute Gasteiger partial charge is 0.339 e. The third kappa shape index (κ3) is 3.81. The van der Waals surface area contributed by atoms with Crippen LogP contribution in [0.15, 0.2) is 22.7 Å². The number of halogens is 2. The van der Waals surface area contributed by atoms with Gasteiger partial charge in [0, 0.05) is 17.6 Å². The lowest BCUT2D eigenvalue weighted by molar-refractivity contribution is 0.0702. The van der Waals surface area contributed by atoms with Crippen molar-refractivity contribution in [2.75, 3.05) is 7.05 Å². The maximum absolute atomic E-state index is 13.8. The molecule has 110 valence electrons. The zero-order chi connectivity index (χ0) is 14.5. The molecule has 0 unspecified atom stereocenters. The molecule has 1 aliphatic carbocycles. The highest BCUT2D eigenvalue weighted by Crippen LogP contribution is 2.23. The molecule has 1 aliphatic rings. The summed E-state index contributed by atoms with van der Waals surface area (Å²) in [6.45, 7) is 0. The predicted molar refractivity (Wildman–Crippen MR) is 82.3 cm³/mol. The highest BCUT2D eigenvalue weighted by Gasteiger charge is 2.23. The van der Waals surface area contributed by atoms with Crippen molar-refractivity contribution < 1.29 is 9.18 Å². The second-order valence-electron chi connectivity index (χ2n) is 5.54. The molecule has 0 aliphatic heterocycles. The fourth-order valence-corrected chi connectivity index (χ4v) is 3.20. The van der Waals surface area contributed by atoms with Gasteiger partial charge < -0.3 is 4.90 Å². The normalized spacial score (nSPS) is 17.4. The average molecular weight is 342 g/mol. The minimum Gasteiger partial charge on any atom is -0.339 e. The Morgan fingerprint density at radius 3 is 2.45 bits per heavy atom. The monoisotopic (exact) mass is 341 g/mol. The number of nitrogens with zero attached hydrogens (tertiary/aromatic N) is 1. The summed E-state index contributed by atoms with van der Waals surface area (Å²) in [4.78, 5) is 14.2. The topological polar surface area (TPSA) is 20.3 Å². The standard InChI is InChI=1S/C16H21BrFNO/c1-19(13-7-5-3-2-4-6-8-13)16(20)14-11-12(17)9-10-15(14)18/h9-11,13H,2-8H2,1H3. The summed E-state index contributed by atoms with van der Waals surface area (Å²) < 4.78 is 14.6. The van der Waals surface area contributed by atoms with Crippen LogP contribution in [0, 0.1) is 5.82 Å². The number of carbonyl (C=O) groups excluding carboxylic acids is 1. The molecule has 2 nitrogen and oxygen atoms in total. The van der Waals surface area contributed by atoms with Crippen molar-refractivity contribution in [1.82, 2.24) is 4.90 Å². The summed E-state index contributed by atoms with van der Waals surface area (Å²) in [5.41, 5.74) is 0.156. The van der Waals surface area contributed by atoms with Crippen LogP contribution in [0.25, 0.3) is 0 Å². The predicted octanol–water partition coefficient (Wildman–Crippen LogP) is 4.77. The Kier molecular flexibility index (Phi) is 5.58. The summed E-state index contributed by atoms with van der Waals surface area (Å²) in [7, 11) is 1.80. The number of hydrogen-bond acceptors (Lipinski definition) is 1. The summed E-state index contributed by atoms with van der Waals surface area (Å²) in [5, 5.41) is 0. The number of hydrogen-bond donors (Lipinski definition) is 0. The van der Waals surface area contributed by atoms with Gasteiger partial charge >= 0.3 is 0 Å². The summed E-state index contributed by atoms with van der Waals surface area (Å²) in [6.07, 6.45) is 8.14. The first-order valence-corrected chi connectivity index (χ1v) is 8.11. The van der Waals surface area contributed by atoms with Crippen molar-refractivity contribution >= 4 is 21.8 Å². The second kappa shape index (κ2) is 7.21. The van der Waals surface area contributed by atoms with E-state index in [9.17, 15) is 9.18 Å². The minimum absolute atomic E-state index is 0.156. The van der Waals surface area contributed by atoms with Crippen molar-refractivity contribution in [3.05, 3.63) is 34.1 Å². The number of benzene rings is 1. The van der Waals surface area contributed by atoms with Crippen LogP contribution in [-0.2, 0) is 0 Å². The van der Waals surface area contributed by atoms with Gasteiger partial charge in [0.15, 0.2) is 0 Å². The minimum atomic E-state index is -0.448. The van der Waals surface area contributed by atoms with E-state index in [1.165, 1.54) is 25.3 Å². The van der Waals surface area contributed by atoms with Crippen LogP contribution < -0.4 is 0 Å². The van der Waals surface area contributed by atoms with Crippen LogP contribution in [0.2, 0.25) is 0 Å². The van der Waals surface area contributed by atoms with Gasteiger partial charge in [0.25, 0.3) is 5.91 Å². The molecule has 1 saturated carbocycles. The molecule has 20 heavy (non-hydrogen) atoms. The Balaban J connectivity index is 2.12. The van der Waals surface area contributed by atoms with Crippen molar-refractivity contribution in [2.45, 2.75) is 51.0 Å². The molecule has 0 spiro atoms. The Hall–Kier alpha value is -0.900. The van der Waals surface area contributed by atoms with Gasteiger partial charge in [0.1, 0.15) is 5.82 Å². The molecular formula is C16H21BrFNO. The van der Waals surface area contributed by atoms with E-state index in [-0.39, 0.29) is 17.5 Å². The molecule has 0 N–H and O–H groups in total. The molecule has 0 aromatic heterocycles.